The number of hydrogen-bond donors (Lipinski definition) is 0. The zero-order valence-electron chi connectivity index (χ0n) is 4.44. The second-order valence-corrected chi connectivity index (χ2v) is 1.45. The third-order valence-electron chi connectivity index (χ3n) is 0.741. The van der Waals surface area contributed by atoms with Gasteiger partial charge < -0.3 is 0 Å². The van der Waals surface area contributed by atoms with Crippen LogP contribution in [-0.4, -0.2) is 5.87 Å². The highest BCUT2D eigenvalue weighted by atomic mass is 19.1. The van der Waals surface area contributed by atoms with Crippen LogP contribution in [0.4, 0.5) is 8.78 Å². The summed E-state index contributed by atoms with van der Waals surface area (Å²) >= 11 is 0. The van der Waals surface area contributed by atoms with E-state index in [0.29, 0.717) is 0 Å². The molecule has 1 aliphatic heterocycles. The van der Waals surface area contributed by atoms with E-state index in [4.69, 9.17) is 0 Å². The monoisotopic (exact) mass is 127 g/mol. The largest absolute Gasteiger partial charge is 0.211 e. The SMILES string of the molecule is FC1=CN=C=CC(F)=C1. The second-order valence-electron chi connectivity index (χ2n) is 1.45. The first-order valence-corrected chi connectivity index (χ1v) is 2.30. The van der Waals surface area contributed by atoms with E-state index >= 15 is 0 Å². The summed E-state index contributed by atoms with van der Waals surface area (Å²) in [7, 11) is 0. The molecular weight excluding hydrogens is 124 g/mol. The molecule has 46 valence electrons. The number of nitrogens with zero attached hydrogens (tertiary/aromatic N) is 1. The highest BCUT2D eigenvalue weighted by molar-refractivity contribution is 5.58. The van der Waals surface area contributed by atoms with Crippen LogP contribution in [0.2, 0.25) is 0 Å². The average Bonchev–Trinajstić information content (AvgIpc) is 1.93. The lowest BCUT2D eigenvalue weighted by Gasteiger charge is -1.79. The summed E-state index contributed by atoms with van der Waals surface area (Å²) in [5, 5.41) is 0. The Bertz CT molecular complexity index is 231. The Labute approximate surface area is 50.7 Å². The van der Waals surface area contributed by atoms with Crippen LogP contribution in [0, 0.1) is 0 Å². The van der Waals surface area contributed by atoms with E-state index in [0.717, 1.165) is 18.4 Å². The Kier molecular flexibility index (Phi) is 1.56. The van der Waals surface area contributed by atoms with Crippen LogP contribution in [0.5, 0.6) is 0 Å². The van der Waals surface area contributed by atoms with Crippen molar-refractivity contribution in [2.24, 2.45) is 4.99 Å². The fourth-order valence-electron chi connectivity index (χ4n) is 0.409. The molecule has 0 bridgehead atoms. The molecule has 1 rings (SSSR count). The van der Waals surface area contributed by atoms with Gasteiger partial charge in [-0.25, -0.2) is 13.8 Å². The summed E-state index contributed by atoms with van der Waals surface area (Å²) in [6.07, 6.45) is 2.59. The van der Waals surface area contributed by atoms with Gasteiger partial charge in [0.05, 0.1) is 6.20 Å². The number of rotatable bonds is 0. The molecule has 0 unspecified atom stereocenters. The highest BCUT2D eigenvalue weighted by Gasteiger charge is 1.93. The Morgan fingerprint density at radius 3 is 2.89 bits per heavy atom. The molecule has 0 aromatic heterocycles. The maximum Gasteiger partial charge on any atom is 0.145 e. The fourth-order valence-corrected chi connectivity index (χ4v) is 0.409. The first-order chi connectivity index (χ1) is 4.29. The molecule has 1 nitrogen and oxygen atoms in total. The van der Waals surface area contributed by atoms with Crippen LogP contribution < -0.4 is 0 Å². The molecule has 1 aliphatic rings. The molecular formula is C6H3F2N. The minimum atomic E-state index is -0.700. The molecule has 0 atom stereocenters. The Hall–Kier alpha value is -1.21. The van der Waals surface area contributed by atoms with Crippen molar-refractivity contribution in [3.63, 3.8) is 0 Å². The summed E-state index contributed by atoms with van der Waals surface area (Å²) in [4.78, 5) is 3.27. The molecule has 0 N–H and O–H groups in total. The average molecular weight is 127 g/mol. The van der Waals surface area contributed by atoms with E-state index in [2.05, 4.69) is 10.9 Å². The number of allylic oxidation sites excluding steroid dienone is 4. The van der Waals surface area contributed by atoms with Crippen LogP contribution in [-0.2, 0) is 0 Å². The van der Waals surface area contributed by atoms with E-state index in [1.54, 1.807) is 0 Å². The molecule has 1 heterocycles. The fraction of sp³-hybridized carbons (Fsp3) is 0. The van der Waals surface area contributed by atoms with Crippen molar-refractivity contribution in [1.29, 1.82) is 0 Å². The van der Waals surface area contributed by atoms with Crippen molar-refractivity contribution in [3.05, 3.63) is 30.0 Å². The predicted molar refractivity (Wildman–Crippen MR) is 30.4 cm³/mol. The topological polar surface area (TPSA) is 12.4 Å². The summed E-state index contributed by atoms with van der Waals surface area (Å²) in [6.45, 7) is 0. The Balaban J connectivity index is 3.00. The predicted octanol–water partition coefficient (Wildman–Crippen LogP) is 1.89. The normalized spacial score (nSPS) is 16.7. The van der Waals surface area contributed by atoms with Gasteiger partial charge >= 0.3 is 0 Å². The first-order valence-electron chi connectivity index (χ1n) is 2.30. The van der Waals surface area contributed by atoms with Gasteiger partial charge in [0.1, 0.15) is 11.7 Å². The van der Waals surface area contributed by atoms with Crippen LogP contribution in [0.15, 0.2) is 35.0 Å². The quantitative estimate of drug-likeness (QED) is 0.471. The Morgan fingerprint density at radius 1 is 1.33 bits per heavy atom. The lowest BCUT2D eigenvalue weighted by Crippen LogP contribution is -1.64. The molecule has 0 amide bonds. The maximum absolute atomic E-state index is 12.1. The van der Waals surface area contributed by atoms with Gasteiger partial charge in [-0.15, -0.1) is 0 Å². The van der Waals surface area contributed by atoms with Gasteiger partial charge in [0.2, 0.25) is 0 Å². The smallest absolute Gasteiger partial charge is 0.145 e. The molecule has 0 radical (unpaired) electrons. The third kappa shape index (κ3) is 1.63. The van der Waals surface area contributed by atoms with E-state index in [-0.39, 0.29) is 0 Å². The van der Waals surface area contributed by atoms with E-state index in [9.17, 15) is 8.78 Å². The molecule has 0 aliphatic carbocycles. The lowest BCUT2D eigenvalue weighted by atomic mass is 10.4. The second kappa shape index (κ2) is 2.37. The summed E-state index contributed by atoms with van der Waals surface area (Å²) < 4.78 is 24.2. The minimum Gasteiger partial charge on any atom is -0.211 e. The van der Waals surface area contributed by atoms with Crippen molar-refractivity contribution in [2.75, 3.05) is 0 Å². The maximum atomic E-state index is 12.1. The molecule has 9 heavy (non-hydrogen) atoms. The van der Waals surface area contributed by atoms with Crippen LogP contribution >= 0.6 is 0 Å². The number of halogens is 2. The van der Waals surface area contributed by atoms with Crippen molar-refractivity contribution < 1.29 is 8.78 Å². The van der Waals surface area contributed by atoms with Crippen molar-refractivity contribution >= 4 is 5.87 Å². The van der Waals surface area contributed by atoms with Crippen molar-refractivity contribution in [3.8, 4) is 0 Å². The zero-order chi connectivity index (χ0) is 6.69. The molecule has 0 fully saturated rings. The minimum absolute atomic E-state index is 0.676. The van der Waals surface area contributed by atoms with E-state index in [1.165, 1.54) is 0 Å². The molecule has 0 aromatic rings. The molecule has 3 heteroatoms. The van der Waals surface area contributed by atoms with Crippen molar-refractivity contribution in [1.82, 2.24) is 0 Å². The summed E-state index contributed by atoms with van der Waals surface area (Å²) in [5.74, 6) is 0.792. The van der Waals surface area contributed by atoms with Gasteiger partial charge in [0, 0.05) is 12.2 Å². The van der Waals surface area contributed by atoms with Gasteiger partial charge in [-0.2, -0.15) is 0 Å². The van der Waals surface area contributed by atoms with Gasteiger partial charge in [0.25, 0.3) is 0 Å². The molecule has 0 saturated carbocycles. The lowest BCUT2D eigenvalue weighted by molar-refractivity contribution is 0.631. The molecule has 0 spiro atoms. The highest BCUT2D eigenvalue weighted by Crippen LogP contribution is 2.07. The van der Waals surface area contributed by atoms with E-state index in [1.807, 2.05) is 0 Å². The van der Waals surface area contributed by atoms with Crippen molar-refractivity contribution in [2.45, 2.75) is 0 Å². The van der Waals surface area contributed by atoms with Gasteiger partial charge in [-0.05, 0) is 5.87 Å². The van der Waals surface area contributed by atoms with Gasteiger partial charge in [-0.1, -0.05) is 0 Å². The zero-order valence-corrected chi connectivity index (χ0v) is 4.44. The number of hydrogen-bond acceptors (Lipinski definition) is 1. The van der Waals surface area contributed by atoms with Crippen LogP contribution in [0.25, 0.3) is 0 Å². The van der Waals surface area contributed by atoms with E-state index < -0.39 is 11.7 Å². The standard InChI is InChI=1S/C6H3F2N/c7-5-1-2-9-4-6(8)3-5/h1,3-4H. The summed E-state index contributed by atoms with van der Waals surface area (Å²) in [5.41, 5.74) is 0. The third-order valence-corrected chi connectivity index (χ3v) is 0.741. The van der Waals surface area contributed by atoms with Crippen LogP contribution in [0.3, 0.4) is 0 Å². The van der Waals surface area contributed by atoms with Gasteiger partial charge in [0.15, 0.2) is 0 Å². The molecule has 0 aromatic carbocycles. The molecule has 0 saturated heterocycles. The summed E-state index contributed by atoms with van der Waals surface area (Å²) in [6, 6.07) is 0. The Morgan fingerprint density at radius 2 is 2.11 bits per heavy atom. The van der Waals surface area contributed by atoms with Gasteiger partial charge in [-0.3, -0.25) is 0 Å². The van der Waals surface area contributed by atoms with Crippen LogP contribution in [0.1, 0.15) is 0 Å². The number of aliphatic imine (C=N–C) groups is 1. The first kappa shape index (κ1) is 5.92.